The lowest BCUT2D eigenvalue weighted by Crippen LogP contribution is -2.42. The van der Waals surface area contributed by atoms with Crippen molar-refractivity contribution in [2.45, 2.75) is 31.4 Å². The normalized spacial score (nSPS) is 22.2. The minimum Gasteiger partial charge on any atom is -0.303 e. The quantitative estimate of drug-likeness (QED) is 0.718. The van der Waals surface area contributed by atoms with Crippen molar-refractivity contribution in [2.24, 2.45) is 5.92 Å². The van der Waals surface area contributed by atoms with Crippen LogP contribution in [0.5, 0.6) is 0 Å². The summed E-state index contributed by atoms with van der Waals surface area (Å²) in [7, 11) is 0. The predicted molar refractivity (Wildman–Crippen MR) is 62.4 cm³/mol. The lowest BCUT2D eigenvalue weighted by atomic mass is 9.96. The van der Waals surface area contributed by atoms with Crippen LogP contribution in [0.1, 0.15) is 26.7 Å². The third kappa shape index (κ3) is 2.90. The zero-order valence-electron chi connectivity index (χ0n) is 9.42. The summed E-state index contributed by atoms with van der Waals surface area (Å²) in [6, 6.07) is 2.48. The highest BCUT2D eigenvalue weighted by molar-refractivity contribution is 8.00. The van der Waals surface area contributed by atoms with Gasteiger partial charge in [0.25, 0.3) is 0 Å². The molecule has 1 rings (SSSR count). The van der Waals surface area contributed by atoms with E-state index in [-0.39, 0.29) is 4.75 Å². The van der Waals surface area contributed by atoms with Crippen molar-refractivity contribution in [1.29, 1.82) is 5.26 Å². The van der Waals surface area contributed by atoms with E-state index in [0.29, 0.717) is 0 Å². The fourth-order valence-electron chi connectivity index (χ4n) is 1.97. The molecule has 0 spiro atoms. The van der Waals surface area contributed by atoms with E-state index in [2.05, 4.69) is 31.1 Å². The maximum atomic E-state index is 9.12. The van der Waals surface area contributed by atoms with Crippen LogP contribution in [-0.4, -0.2) is 35.5 Å². The van der Waals surface area contributed by atoms with Gasteiger partial charge < -0.3 is 4.90 Å². The summed E-state index contributed by atoms with van der Waals surface area (Å²) in [5, 5.41) is 9.12. The number of rotatable bonds is 3. The van der Waals surface area contributed by atoms with Gasteiger partial charge >= 0.3 is 0 Å². The number of thioether (sulfide) groups is 1. The van der Waals surface area contributed by atoms with Crippen LogP contribution >= 0.6 is 11.8 Å². The molecule has 80 valence electrons. The van der Waals surface area contributed by atoms with Gasteiger partial charge in [-0.2, -0.15) is 5.26 Å². The minimum atomic E-state index is -0.0898. The van der Waals surface area contributed by atoms with Crippen LogP contribution in [0.4, 0.5) is 0 Å². The molecule has 1 aliphatic rings. The smallest absolute Gasteiger partial charge is 0.104 e. The van der Waals surface area contributed by atoms with Gasteiger partial charge in [-0.1, -0.05) is 13.8 Å². The van der Waals surface area contributed by atoms with Gasteiger partial charge in [0.15, 0.2) is 0 Å². The monoisotopic (exact) mass is 212 g/mol. The molecule has 2 nitrogen and oxygen atoms in total. The minimum absolute atomic E-state index is 0.0898. The second-order valence-corrected chi connectivity index (χ2v) is 5.69. The molecule has 14 heavy (non-hydrogen) atoms. The molecule has 1 heterocycles. The lowest BCUT2D eigenvalue weighted by Gasteiger charge is -2.36. The maximum Gasteiger partial charge on any atom is 0.104 e. The zero-order valence-corrected chi connectivity index (χ0v) is 10.2. The highest BCUT2D eigenvalue weighted by Gasteiger charge is 2.33. The molecule has 1 saturated heterocycles. The van der Waals surface area contributed by atoms with Crippen molar-refractivity contribution in [3.05, 3.63) is 0 Å². The van der Waals surface area contributed by atoms with Crippen molar-refractivity contribution in [1.82, 2.24) is 4.90 Å². The van der Waals surface area contributed by atoms with Crippen molar-refractivity contribution < 1.29 is 0 Å². The molecule has 0 radical (unpaired) electrons. The SMILES string of the molecule is CSC1(C#N)CCN(CC(C)C)CC1. The van der Waals surface area contributed by atoms with Crippen LogP contribution in [0, 0.1) is 17.2 Å². The summed E-state index contributed by atoms with van der Waals surface area (Å²) < 4.78 is -0.0898. The molecule has 0 aromatic rings. The van der Waals surface area contributed by atoms with Gasteiger partial charge in [-0.25, -0.2) is 0 Å². The van der Waals surface area contributed by atoms with E-state index in [1.165, 1.54) is 6.54 Å². The van der Waals surface area contributed by atoms with E-state index < -0.39 is 0 Å². The Labute approximate surface area is 91.7 Å². The Morgan fingerprint density at radius 1 is 1.43 bits per heavy atom. The van der Waals surface area contributed by atoms with Gasteiger partial charge in [-0.3, -0.25) is 0 Å². The van der Waals surface area contributed by atoms with Crippen LogP contribution in [0.25, 0.3) is 0 Å². The molecule has 0 aromatic heterocycles. The number of nitrogens with zero attached hydrogens (tertiary/aromatic N) is 2. The van der Waals surface area contributed by atoms with Gasteiger partial charge in [0.1, 0.15) is 4.75 Å². The first-order valence-corrected chi connectivity index (χ1v) is 6.53. The summed E-state index contributed by atoms with van der Waals surface area (Å²) in [5.41, 5.74) is 0. The third-order valence-corrected chi connectivity index (χ3v) is 4.16. The Kier molecular flexibility index (Phi) is 4.28. The molecular weight excluding hydrogens is 192 g/mol. The molecule has 3 heteroatoms. The van der Waals surface area contributed by atoms with Gasteiger partial charge in [0.2, 0.25) is 0 Å². The van der Waals surface area contributed by atoms with E-state index in [0.717, 1.165) is 31.8 Å². The molecule has 0 aliphatic carbocycles. The molecule has 0 bridgehead atoms. The molecule has 1 aliphatic heterocycles. The average Bonchev–Trinajstić information content (AvgIpc) is 2.19. The molecule has 0 amide bonds. The van der Waals surface area contributed by atoms with Gasteiger partial charge in [0, 0.05) is 19.6 Å². The molecule has 0 saturated carbocycles. The first kappa shape index (κ1) is 11.9. The van der Waals surface area contributed by atoms with Crippen LogP contribution < -0.4 is 0 Å². The second-order valence-electron chi connectivity index (χ2n) is 4.50. The molecular formula is C11H20N2S. The first-order valence-electron chi connectivity index (χ1n) is 5.30. The Morgan fingerprint density at radius 2 is 2.00 bits per heavy atom. The fourth-order valence-corrected chi connectivity index (χ4v) is 2.66. The Hall–Kier alpha value is -0.200. The standard InChI is InChI=1S/C11H20N2S/c1-10(2)8-13-6-4-11(9-12,14-3)5-7-13/h10H,4-8H2,1-3H3. The molecule has 0 aromatic carbocycles. The highest BCUT2D eigenvalue weighted by atomic mass is 32.2. The van der Waals surface area contributed by atoms with E-state index in [1.807, 2.05) is 0 Å². The molecule has 0 unspecified atom stereocenters. The molecule has 0 N–H and O–H groups in total. The number of nitriles is 1. The highest BCUT2D eigenvalue weighted by Crippen LogP contribution is 2.33. The lowest BCUT2D eigenvalue weighted by molar-refractivity contribution is 0.196. The van der Waals surface area contributed by atoms with Crippen LogP contribution in [-0.2, 0) is 0 Å². The summed E-state index contributed by atoms with van der Waals surface area (Å²) in [6.07, 6.45) is 4.11. The molecule has 1 fully saturated rings. The van der Waals surface area contributed by atoms with Gasteiger partial charge in [0.05, 0.1) is 6.07 Å². The van der Waals surface area contributed by atoms with Crippen molar-refractivity contribution in [3.63, 3.8) is 0 Å². The van der Waals surface area contributed by atoms with Crippen molar-refractivity contribution in [3.8, 4) is 6.07 Å². The van der Waals surface area contributed by atoms with Crippen LogP contribution in [0.3, 0.4) is 0 Å². The van der Waals surface area contributed by atoms with Crippen molar-refractivity contribution >= 4 is 11.8 Å². The summed E-state index contributed by atoms with van der Waals surface area (Å²) in [4.78, 5) is 2.48. The Bertz CT molecular complexity index is 212. The van der Waals surface area contributed by atoms with Crippen molar-refractivity contribution in [2.75, 3.05) is 25.9 Å². The summed E-state index contributed by atoms with van der Waals surface area (Å²) in [6.45, 7) is 7.86. The zero-order chi connectivity index (χ0) is 10.6. The predicted octanol–water partition coefficient (Wildman–Crippen LogP) is 2.36. The summed E-state index contributed by atoms with van der Waals surface area (Å²) >= 11 is 1.73. The number of hydrogen-bond donors (Lipinski definition) is 0. The van der Waals surface area contributed by atoms with E-state index >= 15 is 0 Å². The van der Waals surface area contributed by atoms with Gasteiger partial charge in [-0.05, 0) is 25.0 Å². The number of piperidine rings is 1. The van der Waals surface area contributed by atoms with Crippen LogP contribution in [0.15, 0.2) is 0 Å². The maximum absolute atomic E-state index is 9.12. The Morgan fingerprint density at radius 3 is 2.36 bits per heavy atom. The topological polar surface area (TPSA) is 27.0 Å². The average molecular weight is 212 g/mol. The summed E-state index contributed by atoms with van der Waals surface area (Å²) in [5.74, 6) is 0.735. The first-order chi connectivity index (χ1) is 6.62. The second kappa shape index (κ2) is 5.04. The Balaban J connectivity index is 2.42. The fraction of sp³-hybridized carbons (Fsp3) is 0.909. The third-order valence-electron chi connectivity index (χ3n) is 2.88. The molecule has 0 atom stereocenters. The van der Waals surface area contributed by atoms with E-state index in [4.69, 9.17) is 5.26 Å². The number of likely N-dealkylation sites (tertiary alicyclic amines) is 1. The van der Waals surface area contributed by atoms with E-state index in [1.54, 1.807) is 11.8 Å². The van der Waals surface area contributed by atoms with Crippen LogP contribution in [0.2, 0.25) is 0 Å². The van der Waals surface area contributed by atoms with E-state index in [9.17, 15) is 0 Å². The van der Waals surface area contributed by atoms with Gasteiger partial charge in [-0.15, -0.1) is 11.8 Å². The largest absolute Gasteiger partial charge is 0.303 e. The number of hydrogen-bond acceptors (Lipinski definition) is 3.